The first-order valence-corrected chi connectivity index (χ1v) is 42.0. The van der Waals surface area contributed by atoms with Crippen LogP contribution in [-0.4, -0.2) is 181 Å². The number of unbranched alkanes of at least 4 members (excludes halogenated alkanes) is 1. The average molecular weight is 1810 g/mol. The van der Waals surface area contributed by atoms with Gasteiger partial charge in [-0.05, 0) is 179 Å². The van der Waals surface area contributed by atoms with Crippen LogP contribution in [0.4, 0.5) is 51.3 Å². The fourth-order valence-electron chi connectivity index (χ4n) is 13.7. The molecule has 9 aromatic heterocycles. The minimum absolute atomic E-state index is 0.0656. The molecule has 0 atom stereocenters. The lowest BCUT2D eigenvalue weighted by Gasteiger charge is -2.19. The van der Waals surface area contributed by atoms with Gasteiger partial charge in [0, 0.05) is 173 Å². The minimum Gasteiger partial charge on any atom is -0.497 e. The van der Waals surface area contributed by atoms with Crippen molar-refractivity contribution >= 4 is 126 Å². The van der Waals surface area contributed by atoms with Gasteiger partial charge in [-0.25, -0.2) is 34.5 Å². The van der Waals surface area contributed by atoms with Crippen molar-refractivity contribution in [2.75, 3.05) is 104 Å². The highest BCUT2D eigenvalue weighted by Gasteiger charge is 2.22. The average Bonchev–Trinajstić information content (AvgIpc) is 1.66. The van der Waals surface area contributed by atoms with E-state index in [0.29, 0.717) is 125 Å². The maximum atomic E-state index is 12.9. The smallest absolute Gasteiger partial charge is 0.407 e. The number of amides is 3. The Morgan fingerprint density at radius 1 is 0.417 bits per heavy atom. The van der Waals surface area contributed by atoms with E-state index in [4.69, 9.17) is 75.0 Å². The molecule has 35 nitrogen and oxygen atoms in total. The Kier molecular flexibility index (Phi) is 30.7. The van der Waals surface area contributed by atoms with Crippen molar-refractivity contribution in [2.24, 2.45) is 5.73 Å². The lowest BCUT2D eigenvalue weighted by Crippen LogP contribution is -2.33. The molecule has 0 unspecified atom stereocenters. The molecule has 7 aromatic carbocycles. The van der Waals surface area contributed by atoms with Crippen molar-refractivity contribution < 1.29 is 66.9 Å². The zero-order chi connectivity index (χ0) is 93.5. The SMILES string of the molecule is COc1cc(Nc2ncc3ccn(-c4cccc(C(=O)NCCCCNC(=O)OC(C)(C)C)c4)c3n2)cc(OC)c1OC.COc1cc(Nc2ncc3ccn(-c4cccc(CC(=O)NCCN)c4)c3n2)cc(OC)c1OC.COc1ccc(C)c(Nc2ncc3ccn(-c4ccc(C(=O)O)cc4)c3n2)c1.COc1ccc(Nc2ncc3ccn(-c4ccc(Cl)nc4)c3n2)c(C)c1. The number of nitrogens with zero attached hydrogens (tertiary/aromatic N) is 13. The van der Waals surface area contributed by atoms with Crippen molar-refractivity contribution in [1.29, 1.82) is 0 Å². The zero-order valence-corrected chi connectivity index (χ0v) is 75.6. The molecule has 0 aliphatic carbocycles. The van der Waals surface area contributed by atoms with Crippen LogP contribution in [0.3, 0.4) is 0 Å². The number of fused-ring (bicyclic) bond motifs is 4. The Morgan fingerprint density at radius 3 is 1.33 bits per heavy atom. The first-order valence-electron chi connectivity index (χ1n) is 41.6. The molecule has 0 aliphatic heterocycles. The molecule has 36 heteroatoms. The largest absolute Gasteiger partial charge is 0.497 e. The number of aromatic carboxylic acids is 1. The normalized spacial score (nSPS) is 10.9. The van der Waals surface area contributed by atoms with Crippen molar-refractivity contribution in [3.8, 4) is 68.7 Å². The Hall–Kier alpha value is -16.3. The number of rotatable bonds is 31. The van der Waals surface area contributed by atoms with Gasteiger partial charge in [-0.2, -0.15) is 19.9 Å². The molecule has 9 heterocycles. The van der Waals surface area contributed by atoms with Gasteiger partial charge in [-0.15, -0.1) is 0 Å². The second-order valence-electron chi connectivity index (χ2n) is 30.4. The van der Waals surface area contributed by atoms with E-state index in [9.17, 15) is 19.2 Å². The summed E-state index contributed by atoms with van der Waals surface area (Å²) in [6, 6.07) is 51.8. The van der Waals surface area contributed by atoms with Gasteiger partial charge in [0.25, 0.3) is 5.91 Å². The molecule has 16 aromatic rings. The molecule has 3 amide bonds. The van der Waals surface area contributed by atoms with E-state index in [1.807, 2.05) is 187 Å². The molecular weight excluding hydrogens is 1710 g/mol. The number of alkyl carbamates (subject to hydrolysis) is 1. The summed E-state index contributed by atoms with van der Waals surface area (Å²) < 4.78 is 56.0. The van der Waals surface area contributed by atoms with Gasteiger partial charge in [0.1, 0.15) is 44.8 Å². The van der Waals surface area contributed by atoms with Crippen LogP contribution in [0.25, 0.3) is 66.9 Å². The highest BCUT2D eigenvalue weighted by molar-refractivity contribution is 6.29. The standard InChI is InChI=1S/C31H38N6O6.C25H28N6O4.C21H18N4O3.C19H16ClN5O/c1-31(2,3)43-30(39)33-14-8-7-13-32-28(38)20-10-9-11-23(16-20)37-15-12-21-19-34-29(36-27(21)37)35-22-17-24(40-4)26(42-6)25(18-22)41-5;1-33-20-13-18(14-21(34-2)23(20)35-3)29-25-28-15-17-7-10-31(24(17)30-25)19-6-4-5-16(11-19)12-22(32)27-9-8-26;1-13-3-8-17(28-2)11-18(13)23-21-22-12-15-9-10-25(19(15)24-21)16-6-4-14(5-7-16)20(26)27;1-12-9-15(26-2)4-5-16(12)23-19-22-10-13-7-8-25(18(13)24-19)14-3-6-17(20)21-11-14/h9-12,15-19H,7-8,13-14H2,1-6H3,(H,32,38)(H,33,39)(H,34,35,36);4-7,10-11,13-15H,8-9,12,26H2,1-3H3,(H,27,32)(H,28,29,30);3-12H,1-2H3,(H,26,27)(H,22,23,24);3-11H,1-2H3,(H,22,23,24). The van der Waals surface area contributed by atoms with Gasteiger partial charge in [-0.1, -0.05) is 35.9 Å². The molecule has 0 fully saturated rings. The highest BCUT2D eigenvalue weighted by Crippen LogP contribution is 2.43. The van der Waals surface area contributed by atoms with Crippen LogP contribution in [0.1, 0.15) is 71.0 Å². The van der Waals surface area contributed by atoms with Crippen LogP contribution < -0.4 is 80.8 Å². The predicted molar refractivity (Wildman–Crippen MR) is 508 cm³/mol. The number of carboxylic acids is 1. The van der Waals surface area contributed by atoms with Crippen LogP contribution in [0, 0.1) is 13.8 Å². The number of ether oxygens (including phenoxy) is 9. The monoisotopic (exact) mass is 1810 g/mol. The van der Waals surface area contributed by atoms with E-state index in [0.717, 1.165) is 101 Å². The van der Waals surface area contributed by atoms with E-state index in [1.165, 1.54) is 0 Å². The van der Waals surface area contributed by atoms with Crippen LogP contribution in [0.2, 0.25) is 5.15 Å². The second kappa shape index (κ2) is 43.5. The second-order valence-corrected chi connectivity index (χ2v) is 30.8. The number of hydrogen-bond donors (Lipinski definition) is 9. The lowest BCUT2D eigenvalue weighted by molar-refractivity contribution is -0.120. The third kappa shape index (κ3) is 23.5. The number of aromatic nitrogens is 13. The molecule has 680 valence electrons. The number of hydrogen-bond acceptors (Lipinski definition) is 27. The molecule has 16 rings (SSSR count). The molecule has 0 spiro atoms. The number of nitrogens with one attached hydrogen (secondary N) is 7. The van der Waals surface area contributed by atoms with Crippen LogP contribution in [0.15, 0.2) is 226 Å². The molecular formula is C96H100ClN21O14. The van der Waals surface area contributed by atoms with Crippen molar-refractivity contribution in [2.45, 2.75) is 59.5 Å². The summed E-state index contributed by atoms with van der Waals surface area (Å²) in [6.45, 7) is 11.3. The molecule has 0 aliphatic rings. The van der Waals surface area contributed by atoms with Gasteiger partial charge in [0.2, 0.25) is 41.2 Å². The molecule has 0 radical (unpaired) electrons. The molecule has 10 N–H and O–H groups in total. The summed E-state index contributed by atoms with van der Waals surface area (Å²) in [5.41, 5.74) is 18.1. The number of halogens is 1. The van der Waals surface area contributed by atoms with E-state index < -0.39 is 17.7 Å². The number of nitrogens with two attached hydrogens (primary N) is 1. The van der Waals surface area contributed by atoms with Gasteiger partial charge in [0.05, 0.1) is 80.7 Å². The lowest BCUT2D eigenvalue weighted by atomic mass is 10.1. The van der Waals surface area contributed by atoms with E-state index in [1.54, 1.807) is 149 Å². The summed E-state index contributed by atoms with van der Waals surface area (Å²) in [6.07, 6.45) is 17.6. The number of pyridine rings is 1. The number of carbonyl (C=O) groups is 4. The summed E-state index contributed by atoms with van der Waals surface area (Å²) >= 11 is 5.88. The summed E-state index contributed by atoms with van der Waals surface area (Å²) in [5, 5.41) is 34.4. The quantitative estimate of drug-likeness (QED) is 0.0144. The van der Waals surface area contributed by atoms with Crippen LogP contribution in [-0.2, 0) is 16.0 Å². The number of methoxy groups -OCH3 is 8. The Labute approximate surface area is 765 Å². The van der Waals surface area contributed by atoms with Gasteiger partial charge >= 0.3 is 12.1 Å². The molecule has 0 saturated heterocycles. The molecule has 0 saturated carbocycles. The maximum absolute atomic E-state index is 12.9. The number of anilines is 8. The van der Waals surface area contributed by atoms with Gasteiger partial charge in [-0.3, -0.25) is 14.2 Å². The van der Waals surface area contributed by atoms with E-state index in [-0.39, 0.29) is 23.8 Å². The first kappa shape index (κ1) is 93.3. The topological polar surface area (TPSA) is 418 Å². The van der Waals surface area contributed by atoms with Crippen LogP contribution >= 0.6 is 11.6 Å². The van der Waals surface area contributed by atoms with E-state index >= 15 is 0 Å². The summed E-state index contributed by atoms with van der Waals surface area (Å²) in [7, 11) is 12.6. The van der Waals surface area contributed by atoms with Crippen molar-refractivity contribution in [3.05, 3.63) is 259 Å². The van der Waals surface area contributed by atoms with Crippen molar-refractivity contribution in [3.63, 3.8) is 0 Å². The summed E-state index contributed by atoms with van der Waals surface area (Å²) in [4.78, 5) is 88.3. The molecule has 132 heavy (non-hydrogen) atoms. The van der Waals surface area contributed by atoms with Gasteiger partial charge in [0.15, 0.2) is 23.0 Å². The predicted octanol–water partition coefficient (Wildman–Crippen LogP) is 16.7. The third-order valence-corrected chi connectivity index (χ3v) is 20.5. The van der Waals surface area contributed by atoms with E-state index in [2.05, 4.69) is 72.1 Å². The summed E-state index contributed by atoms with van der Waals surface area (Å²) in [5.74, 6) is 5.15. The van der Waals surface area contributed by atoms with Gasteiger partial charge < -0.3 is 104 Å². The number of carbonyl (C=O) groups excluding carboxylic acids is 3. The highest BCUT2D eigenvalue weighted by atomic mass is 35.5. The van der Waals surface area contributed by atoms with Crippen molar-refractivity contribution in [1.82, 2.24) is 79.1 Å². The molecule has 0 bridgehead atoms. The third-order valence-electron chi connectivity index (χ3n) is 20.3. The zero-order valence-electron chi connectivity index (χ0n) is 74.8. The first-order chi connectivity index (χ1) is 63.8. The maximum Gasteiger partial charge on any atom is 0.407 e. The number of carboxylic acid groups (broad SMARTS) is 1. The fourth-order valence-corrected chi connectivity index (χ4v) is 13.8. The Bertz CT molecular complexity index is 6710. The van der Waals surface area contributed by atoms with Crippen LogP contribution in [0.5, 0.6) is 46.0 Å². The Morgan fingerprint density at radius 2 is 0.871 bits per heavy atom. The number of aryl methyl sites for hydroxylation is 2. The minimum atomic E-state index is -0.952. The fraction of sp³-hybridized carbons (Fsp3) is 0.219. The Balaban J connectivity index is 0.000000152. The number of benzene rings is 7.